The van der Waals surface area contributed by atoms with Crippen LogP contribution < -0.4 is 15.0 Å². The van der Waals surface area contributed by atoms with Crippen LogP contribution in [0.4, 0.5) is 10.1 Å². The third-order valence-electron chi connectivity index (χ3n) is 10.6. The van der Waals surface area contributed by atoms with Gasteiger partial charge in [0.1, 0.15) is 18.5 Å². The van der Waals surface area contributed by atoms with Gasteiger partial charge in [0, 0.05) is 60.2 Å². The number of terminal acetylenes is 1. The fourth-order valence-electron chi connectivity index (χ4n) is 8.73. The summed E-state index contributed by atoms with van der Waals surface area (Å²) in [4.78, 5) is 14.7. The number of phenolic OH excluding ortho intramolecular Hbond substituents is 1. The van der Waals surface area contributed by atoms with E-state index in [9.17, 15) is 9.50 Å². The van der Waals surface area contributed by atoms with Crippen molar-refractivity contribution in [3.8, 4) is 24.1 Å². The topological polar surface area (TPSA) is 73.8 Å². The monoisotopic (exact) mass is 567 g/mol. The number of nitrogens with zero attached hydrogens (tertiary/aromatic N) is 4. The predicted molar refractivity (Wildman–Crippen MR) is 161 cm³/mol. The van der Waals surface area contributed by atoms with Crippen LogP contribution in [0, 0.1) is 12.3 Å². The molecule has 0 saturated carbocycles. The highest BCUT2D eigenvalue weighted by atomic mass is 19.1. The van der Waals surface area contributed by atoms with Gasteiger partial charge in [-0.25, -0.2) is 4.39 Å². The molecule has 7 nitrogen and oxygen atoms in total. The number of aromatic hydroxyl groups is 1. The van der Waals surface area contributed by atoms with Crippen molar-refractivity contribution in [2.45, 2.75) is 87.6 Å². The minimum atomic E-state index is -0.794. The van der Waals surface area contributed by atoms with E-state index in [0.717, 1.165) is 78.6 Å². The normalized spacial score (nSPS) is 30.3. The number of anilines is 1. The van der Waals surface area contributed by atoms with Crippen LogP contribution in [0.2, 0.25) is 0 Å². The van der Waals surface area contributed by atoms with Crippen LogP contribution in [0.5, 0.6) is 11.8 Å². The molecule has 0 radical (unpaired) electrons. The van der Waals surface area contributed by atoms with E-state index in [-0.39, 0.29) is 11.3 Å². The maximum atomic E-state index is 14.5. The number of aromatic nitrogens is 2. The minimum Gasteiger partial charge on any atom is -0.508 e. The number of benzene rings is 2. The highest BCUT2D eigenvalue weighted by molar-refractivity contribution is 6.00. The van der Waals surface area contributed by atoms with Crippen LogP contribution in [0.3, 0.4) is 0 Å². The molecule has 5 atom stereocenters. The van der Waals surface area contributed by atoms with Crippen LogP contribution in [0.15, 0.2) is 30.3 Å². The maximum Gasteiger partial charge on any atom is 0.316 e. The summed E-state index contributed by atoms with van der Waals surface area (Å²) < 4.78 is 20.9. The number of rotatable bonds is 5. The third-order valence-corrected chi connectivity index (χ3v) is 10.6. The Morgan fingerprint density at radius 2 is 2.02 bits per heavy atom. The van der Waals surface area contributed by atoms with Crippen LogP contribution in [-0.4, -0.2) is 70.0 Å². The molecule has 5 aliphatic heterocycles. The summed E-state index contributed by atoms with van der Waals surface area (Å²) in [6.45, 7) is 3.24. The lowest BCUT2D eigenvalue weighted by Gasteiger charge is -2.35. The average Bonchev–Trinajstić information content (AvgIpc) is 3.64. The number of hydrogen-bond acceptors (Lipinski definition) is 7. The zero-order chi connectivity index (χ0) is 28.4. The van der Waals surface area contributed by atoms with Crippen LogP contribution in [-0.2, 0) is 13.0 Å². The summed E-state index contributed by atoms with van der Waals surface area (Å²) in [6, 6.07) is 11.0. The number of hydrogen-bond donors (Lipinski definition) is 2. The number of piperidine rings is 1. The molecule has 0 aliphatic carbocycles. The molecule has 0 unspecified atom stereocenters. The predicted octanol–water partition coefficient (Wildman–Crippen LogP) is 4.83. The van der Waals surface area contributed by atoms with Crippen molar-refractivity contribution in [1.29, 1.82) is 0 Å². The second kappa shape index (κ2) is 10.1. The van der Waals surface area contributed by atoms with Gasteiger partial charge in [-0.1, -0.05) is 18.1 Å². The van der Waals surface area contributed by atoms with Gasteiger partial charge in [-0.2, -0.15) is 9.97 Å². The second-order valence-corrected chi connectivity index (χ2v) is 13.2. The van der Waals surface area contributed by atoms with Crippen molar-refractivity contribution in [1.82, 2.24) is 20.2 Å². The quantitative estimate of drug-likeness (QED) is 0.428. The van der Waals surface area contributed by atoms with Gasteiger partial charge in [-0.3, -0.25) is 4.90 Å². The summed E-state index contributed by atoms with van der Waals surface area (Å²) in [6.07, 6.45) is 13.1. The Bertz CT molecular complexity index is 1580. The molecule has 4 saturated heterocycles. The fraction of sp³-hybridized carbons (Fsp3) is 0.529. The first kappa shape index (κ1) is 26.2. The van der Waals surface area contributed by atoms with Gasteiger partial charge in [-0.15, -0.1) is 6.42 Å². The van der Waals surface area contributed by atoms with E-state index in [1.165, 1.54) is 18.4 Å². The summed E-state index contributed by atoms with van der Waals surface area (Å²) >= 11 is 0. The number of ether oxygens (including phenoxy) is 1. The van der Waals surface area contributed by atoms with Crippen LogP contribution >= 0.6 is 0 Å². The molecule has 6 heterocycles. The smallest absolute Gasteiger partial charge is 0.316 e. The molecule has 42 heavy (non-hydrogen) atoms. The summed E-state index contributed by atoms with van der Waals surface area (Å²) in [5.74, 6) is 3.44. The number of fused-ring (bicyclic) bond motifs is 5. The number of halogens is 1. The van der Waals surface area contributed by atoms with E-state index in [1.54, 1.807) is 6.07 Å². The molecule has 3 aromatic rings. The van der Waals surface area contributed by atoms with Crippen molar-refractivity contribution < 1.29 is 14.2 Å². The lowest BCUT2D eigenvalue weighted by Crippen LogP contribution is -2.43. The highest BCUT2D eigenvalue weighted by Gasteiger charge is 2.49. The first-order valence-corrected chi connectivity index (χ1v) is 15.6. The Morgan fingerprint density at radius 3 is 2.86 bits per heavy atom. The van der Waals surface area contributed by atoms with Gasteiger partial charge in [0.2, 0.25) is 0 Å². The van der Waals surface area contributed by atoms with Crippen LogP contribution in [0.1, 0.15) is 73.4 Å². The molecule has 2 N–H and O–H groups in total. The summed E-state index contributed by atoms with van der Waals surface area (Å²) in [5, 5.41) is 16.3. The first-order chi connectivity index (χ1) is 20.5. The van der Waals surface area contributed by atoms with E-state index in [4.69, 9.17) is 21.1 Å². The Balaban J connectivity index is 1.16. The maximum absolute atomic E-state index is 14.5. The van der Waals surface area contributed by atoms with Crippen LogP contribution in [0.25, 0.3) is 10.8 Å². The van der Waals surface area contributed by atoms with Crippen molar-refractivity contribution in [3.05, 3.63) is 52.8 Å². The Morgan fingerprint density at radius 1 is 1.17 bits per heavy atom. The number of phenols is 1. The van der Waals surface area contributed by atoms with Gasteiger partial charge in [0.25, 0.3) is 0 Å². The van der Waals surface area contributed by atoms with E-state index >= 15 is 0 Å². The first-order valence-electron chi connectivity index (χ1n) is 15.6. The van der Waals surface area contributed by atoms with E-state index < -0.39 is 6.17 Å². The zero-order valence-electron chi connectivity index (χ0n) is 24.0. The lowest BCUT2D eigenvalue weighted by atomic mass is 9.85. The fourth-order valence-corrected chi connectivity index (χ4v) is 8.73. The molecule has 5 aliphatic rings. The van der Waals surface area contributed by atoms with Crippen molar-refractivity contribution in [2.75, 3.05) is 31.1 Å². The van der Waals surface area contributed by atoms with Crippen molar-refractivity contribution >= 4 is 16.5 Å². The van der Waals surface area contributed by atoms with E-state index in [0.29, 0.717) is 50.1 Å². The average molecular weight is 568 g/mol. The van der Waals surface area contributed by atoms with E-state index in [1.807, 2.05) is 24.3 Å². The van der Waals surface area contributed by atoms with Crippen molar-refractivity contribution in [3.63, 3.8) is 0 Å². The molecule has 0 spiro atoms. The largest absolute Gasteiger partial charge is 0.508 e. The second-order valence-electron chi connectivity index (χ2n) is 13.2. The van der Waals surface area contributed by atoms with E-state index in [2.05, 4.69) is 21.0 Å². The number of alkyl halides is 1. The van der Waals surface area contributed by atoms with Gasteiger partial charge in [0.15, 0.2) is 0 Å². The SMILES string of the molecule is C#Cc1cccc2cc(O)cc(N3CCc4c(nc(OC[C@@]56CCCN5C[C@H](F)C6)nc4[C@H]4C[C@H]5CC[C@@H](C4)N5)C3)c12. The molecular formula is C34H38FN5O2. The minimum absolute atomic E-state index is 0.221. The molecule has 8 heteroatoms. The molecule has 2 bridgehead atoms. The standard InChI is InChI=1S/C34H38FN5O2/c1-2-21-5-3-6-22-15-27(41)16-30(31(21)22)39-12-9-28-29(19-39)37-33(38-32(28)23-13-25-7-8-26(14-23)36-25)42-20-34-10-4-11-40(34)18-24(35)17-34/h1,3,5-6,15-16,23-26,36,41H,4,7-14,17-20H2/t23-,24-,25+,26-,34+/m1/s1. The summed E-state index contributed by atoms with van der Waals surface area (Å²) in [5.41, 5.74) is 4.87. The molecule has 4 fully saturated rings. The van der Waals surface area contributed by atoms with Gasteiger partial charge < -0.3 is 20.1 Å². The molecule has 8 rings (SSSR count). The summed E-state index contributed by atoms with van der Waals surface area (Å²) in [7, 11) is 0. The molecular weight excluding hydrogens is 529 g/mol. The highest BCUT2D eigenvalue weighted by Crippen LogP contribution is 2.43. The Labute approximate surface area is 246 Å². The van der Waals surface area contributed by atoms with Gasteiger partial charge in [0.05, 0.1) is 23.5 Å². The lowest BCUT2D eigenvalue weighted by molar-refractivity contribution is 0.106. The van der Waals surface area contributed by atoms with Gasteiger partial charge >= 0.3 is 6.01 Å². The molecule has 218 valence electrons. The zero-order valence-corrected chi connectivity index (χ0v) is 24.0. The van der Waals surface area contributed by atoms with Crippen molar-refractivity contribution in [2.24, 2.45) is 0 Å². The Hall–Kier alpha value is -3.41. The molecule has 0 amide bonds. The van der Waals surface area contributed by atoms with Gasteiger partial charge in [-0.05, 0) is 74.6 Å². The molecule has 2 aromatic carbocycles. The Kier molecular flexibility index (Phi) is 6.31. The number of nitrogens with one attached hydrogen (secondary N) is 1. The molecule has 1 aromatic heterocycles. The third kappa shape index (κ3) is 4.40.